The van der Waals surface area contributed by atoms with Crippen LogP contribution in [0.25, 0.3) is 11.3 Å². The van der Waals surface area contributed by atoms with E-state index in [1.165, 1.54) is 5.69 Å². The molecule has 1 atom stereocenters. The first-order valence-electron chi connectivity index (χ1n) is 22.2. The molecule has 0 saturated carbocycles. The molecular formula is C48H53N11O5. The third-order valence-electron chi connectivity index (χ3n) is 12.9. The first kappa shape index (κ1) is 42.4. The van der Waals surface area contributed by atoms with Gasteiger partial charge in [-0.25, -0.2) is 9.97 Å². The number of amides is 5. The molecule has 3 fully saturated rings. The van der Waals surface area contributed by atoms with E-state index < -0.39 is 23.8 Å². The summed E-state index contributed by atoms with van der Waals surface area (Å²) >= 11 is 0. The molecule has 3 saturated heterocycles. The number of fused-ring (bicyclic) bond motifs is 1. The average molecular weight is 864 g/mol. The highest BCUT2D eigenvalue weighted by atomic mass is 16.2. The summed E-state index contributed by atoms with van der Waals surface area (Å²) in [6, 6.07) is 21.0. The van der Waals surface area contributed by atoms with Crippen molar-refractivity contribution in [2.75, 3.05) is 60.9 Å². The van der Waals surface area contributed by atoms with Crippen LogP contribution in [0.5, 0.6) is 0 Å². The van der Waals surface area contributed by atoms with Crippen LogP contribution in [0.15, 0.2) is 85.3 Å². The number of aromatic nitrogens is 4. The summed E-state index contributed by atoms with van der Waals surface area (Å²) in [6.45, 7) is 13.1. The van der Waals surface area contributed by atoms with E-state index in [1.807, 2.05) is 45.0 Å². The van der Waals surface area contributed by atoms with E-state index in [9.17, 15) is 24.0 Å². The fourth-order valence-corrected chi connectivity index (χ4v) is 9.12. The molecule has 3 aromatic carbocycles. The molecule has 16 heteroatoms. The molecule has 5 aromatic rings. The minimum Gasteiger partial charge on any atom is -0.371 e. The van der Waals surface area contributed by atoms with Crippen LogP contribution < -0.4 is 25.8 Å². The quantitative estimate of drug-likeness (QED) is 0.137. The zero-order chi connectivity index (χ0) is 44.5. The Morgan fingerprint density at radius 2 is 1.56 bits per heavy atom. The molecule has 0 radical (unpaired) electrons. The summed E-state index contributed by atoms with van der Waals surface area (Å²) in [6.07, 6.45) is 7.43. The number of imide groups is 2. The lowest BCUT2D eigenvalue weighted by Crippen LogP contribution is -2.54. The van der Waals surface area contributed by atoms with Gasteiger partial charge in [-0.2, -0.15) is 5.10 Å². The predicted molar refractivity (Wildman–Crippen MR) is 242 cm³/mol. The van der Waals surface area contributed by atoms with Crippen LogP contribution in [0.4, 0.5) is 23.0 Å². The lowest BCUT2D eigenvalue weighted by Gasteiger charge is -2.40. The van der Waals surface area contributed by atoms with E-state index >= 15 is 0 Å². The van der Waals surface area contributed by atoms with Gasteiger partial charge in [0.2, 0.25) is 17.8 Å². The Kier molecular flexibility index (Phi) is 11.9. The molecule has 9 rings (SSSR count). The average Bonchev–Trinajstić information content (AvgIpc) is 3.90. The monoisotopic (exact) mass is 863 g/mol. The zero-order valence-corrected chi connectivity index (χ0v) is 36.4. The third-order valence-corrected chi connectivity index (χ3v) is 12.9. The molecule has 4 aliphatic heterocycles. The summed E-state index contributed by atoms with van der Waals surface area (Å²) in [5.74, 6) is -1.01. The maximum Gasteiger partial charge on any atom is 0.262 e. The molecule has 1 unspecified atom stereocenters. The van der Waals surface area contributed by atoms with Crippen LogP contribution >= 0.6 is 0 Å². The minimum atomic E-state index is -0.967. The van der Waals surface area contributed by atoms with Gasteiger partial charge >= 0.3 is 0 Å². The molecule has 0 spiro atoms. The normalized spacial score (nSPS) is 18.4. The zero-order valence-electron chi connectivity index (χ0n) is 36.4. The molecule has 330 valence electrons. The number of carbonyl (C=O) groups is 5. The molecule has 64 heavy (non-hydrogen) atoms. The van der Waals surface area contributed by atoms with Crippen molar-refractivity contribution in [2.45, 2.75) is 65.1 Å². The molecule has 16 nitrogen and oxygen atoms in total. The van der Waals surface area contributed by atoms with E-state index in [2.05, 4.69) is 71.1 Å². The van der Waals surface area contributed by atoms with Crippen molar-refractivity contribution >= 4 is 52.5 Å². The van der Waals surface area contributed by atoms with Crippen LogP contribution in [0.3, 0.4) is 0 Å². The molecule has 6 heterocycles. The first-order valence-corrected chi connectivity index (χ1v) is 22.2. The number of rotatable bonds is 12. The van der Waals surface area contributed by atoms with Gasteiger partial charge in [0.25, 0.3) is 17.7 Å². The van der Waals surface area contributed by atoms with Crippen LogP contribution in [-0.4, -0.2) is 111 Å². The largest absolute Gasteiger partial charge is 0.371 e. The van der Waals surface area contributed by atoms with Crippen molar-refractivity contribution in [1.29, 1.82) is 0 Å². The summed E-state index contributed by atoms with van der Waals surface area (Å²) in [7, 11) is 0. The Morgan fingerprint density at radius 3 is 2.28 bits per heavy atom. The number of carbonyl (C=O) groups excluding carboxylic acids is 5. The van der Waals surface area contributed by atoms with Gasteiger partial charge in [-0.05, 0) is 112 Å². The lowest BCUT2D eigenvalue weighted by molar-refractivity contribution is -0.136. The summed E-state index contributed by atoms with van der Waals surface area (Å²) in [5, 5.41) is 12.9. The molecule has 3 N–H and O–H groups in total. The number of hydrogen-bond acceptors (Lipinski definition) is 12. The van der Waals surface area contributed by atoms with Gasteiger partial charge in [0.15, 0.2) is 0 Å². The van der Waals surface area contributed by atoms with Crippen LogP contribution in [0.1, 0.15) is 87.8 Å². The number of piperidine rings is 2. The Hall–Kier alpha value is -6.94. The van der Waals surface area contributed by atoms with E-state index in [4.69, 9.17) is 4.98 Å². The number of aryl methyl sites for hydroxylation is 1. The first-order chi connectivity index (χ1) is 31.0. The van der Waals surface area contributed by atoms with Gasteiger partial charge in [0.1, 0.15) is 6.04 Å². The molecule has 4 aliphatic rings. The fourth-order valence-electron chi connectivity index (χ4n) is 9.12. The van der Waals surface area contributed by atoms with Gasteiger partial charge in [-0.1, -0.05) is 12.1 Å². The lowest BCUT2D eigenvalue weighted by atomic mass is 9.95. The molecular weight excluding hydrogens is 811 g/mol. The third kappa shape index (κ3) is 8.95. The summed E-state index contributed by atoms with van der Waals surface area (Å²) in [5.41, 5.74) is 8.00. The smallest absolute Gasteiger partial charge is 0.262 e. The van der Waals surface area contributed by atoms with E-state index in [1.54, 1.807) is 35.4 Å². The van der Waals surface area contributed by atoms with Crippen molar-refractivity contribution in [3.63, 3.8) is 0 Å². The van der Waals surface area contributed by atoms with Crippen molar-refractivity contribution in [3.8, 4) is 11.3 Å². The Morgan fingerprint density at radius 1 is 0.828 bits per heavy atom. The van der Waals surface area contributed by atoms with E-state index in [0.29, 0.717) is 35.1 Å². The van der Waals surface area contributed by atoms with Gasteiger partial charge in [0.05, 0.1) is 28.6 Å². The number of nitrogens with zero attached hydrogens (tertiary/aromatic N) is 8. The highest BCUT2D eigenvalue weighted by Crippen LogP contribution is 2.33. The van der Waals surface area contributed by atoms with Crippen LogP contribution in [0.2, 0.25) is 0 Å². The van der Waals surface area contributed by atoms with Crippen molar-refractivity contribution in [2.24, 2.45) is 5.92 Å². The number of nitrogens with one attached hydrogen (secondary N) is 3. The highest BCUT2D eigenvalue weighted by molar-refractivity contribution is 6.23. The Labute approximate surface area is 372 Å². The summed E-state index contributed by atoms with van der Waals surface area (Å²) in [4.78, 5) is 80.9. The Balaban J connectivity index is 0.722. The molecule has 0 bridgehead atoms. The SMILES string of the molecule is Cc1cc(-c2ccnc(Nc3ccc(N4CCN(CC5CCN(c6ccc7c(c6)C(=O)N(C6CCC(=O)NC6=O)C7=O)CC5)CC4)cc3)n2)ccc1CNC(=O)c1cnn(C(C)C)c1. The number of hydrogen-bond donors (Lipinski definition) is 3. The van der Waals surface area contributed by atoms with Crippen molar-refractivity contribution in [3.05, 3.63) is 113 Å². The number of anilines is 4. The second-order valence-corrected chi connectivity index (χ2v) is 17.5. The Bertz CT molecular complexity index is 2590. The van der Waals surface area contributed by atoms with Gasteiger partial charge < -0.3 is 20.4 Å². The molecule has 0 aliphatic carbocycles. The topological polar surface area (TPSA) is 178 Å². The second kappa shape index (κ2) is 18.0. The standard InChI is InChI=1S/C48H53N11O5/c1-30(2)58-29-35(27-51-58)44(61)50-26-34-5-4-33(24-31(34)3)41-14-17-49-48(53-41)52-36-6-8-37(9-7-36)57-22-20-55(21-23-57)28-32-15-18-56(19-16-32)38-10-11-39-40(25-38)47(64)59(46(39)63)42-12-13-43(60)54-45(42)62/h4-11,14,17,24-25,27,29-30,32,42H,12-13,15-16,18-23,26,28H2,1-3H3,(H,50,61)(H,49,52,53)(H,54,60,62). The highest BCUT2D eigenvalue weighted by Gasteiger charge is 2.45. The second-order valence-electron chi connectivity index (χ2n) is 17.5. The maximum absolute atomic E-state index is 13.4. The van der Waals surface area contributed by atoms with E-state index in [0.717, 1.165) is 97.3 Å². The number of benzene rings is 3. The minimum absolute atomic E-state index is 0.0964. The van der Waals surface area contributed by atoms with Crippen LogP contribution in [0, 0.1) is 12.8 Å². The van der Waals surface area contributed by atoms with Gasteiger partial charge in [0, 0.05) is 99.8 Å². The maximum atomic E-state index is 13.4. The molecule has 5 amide bonds. The molecule has 2 aromatic heterocycles. The van der Waals surface area contributed by atoms with Gasteiger partial charge in [-0.15, -0.1) is 0 Å². The fraction of sp³-hybridized carbons (Fsp3) is 0.375. The number of piperazine rings is 1. The van der Waals surface area contributed by atoms with Crippen molar-refractivity contribution in [1.82, 2.24) is 40.2 Å². The van der Waals surface area contributed by atoms with E-state index in [-0.39, 0.29) is 30.7 Å². The predicted octanol–water partition coefficient (Wildman–Crippen LogP) is 5.34. The van der Waals surface area contributed by atoms with Crippen molar-refractivity contribution < 1.29 is 24.0 Å². The summed E-state index contributed by atoms with van der Waals surface area (Å²) < 4.78 is 1.77. The van der Waals surface area contributed by atoms with Gasteiger partial charge in [-0.3, -0.25) is 43.8 Å². The van der Waals surface area contributed by atoms with Crippen LogP contribution in [-0.2, 0) is 16.1 Å².